The molecule has 0 heterocycles. The molecule has 0 saturated carbocycles. The summed E-state index contributed by atoms with van der Waals surface area (Å²) in [6.45, 7) is 6.03. The van der Waals surface area contributed by atoms with Crippen LogP contribution in [0.1, 0.15) is 32.3 Å². The standard InChI is InChI=1S/C14H20FNO2/c1-4-5-8-16-14(17)11(3)18-12-7-6-10(2)13(15)9-12/h6-7,9,11H,4-5,8H2,1-3H3,(H,16,17). The van der Waals surface area contributed by atoms with Crippen molar-refractivity contribution in [3.05, 3.63) is 29.6 Å². The van der Waals surface area contributed by atoms with Gasteiger partial charge >= 0.3 is 0 Å². The third-order valence-corrected chi connectivity index (χ3v) is 2.65. The number of ether oxygens (including phenoxy) is 1. The summed E-state index contributed by atoms with van der Waals surface area (Å²) in [5, 5.41) is 2.77. The molecule has 0 fully saturated rings. The van der Waals surface area contributed by atoms with E-state index < -0.39 is 6.10 Å². The number of carbonyl (C=O) groups is 1. The van der Waals surface area contributed by atoms with E-state index in [1.165, 1.54) is 6.07 Å². The van der Waals surface area contributed by atoms with Crippen LogP contribution in [0.25, 0.3) is 0 Å². The zero-order valence-electron chi connectivity index (χ0n) is 11.1. The van der Waals surface area contributed by atoms with Crippen molar-refractivity contribution in [2.45, 2.75) is 39.7 Å². The zero-order valence-corrected chi connectivity index (χ0v) is 11.1. The lowest BCUT2D eigenvalue weighted by Crippen LogP contribution is -2.36. The van der Waals surface area contributed by atoms with Crippen LogP contribution in [0.3, 0.4) is 0 Å². The minimum absolute atomic E-state index is 0.176. The summed E-state index contributed by atoms with van der Waals surface area (Å²) in [7, 11) is 0. The Hall–Kier alpha value is -1.58. The summed E-state index contributed by atoms with van der Waals surface area (Å²) in [5.41, 5.74) is 0.558. The molecule has 0 spiro atoms. The summed E-state index contributed by atoms with van der Waals surface area (Å²) in [4.78, 5) is 11.6. The van der Waals surface area contributed by atoms with E-state index in [2.05, 4.69) is 12.2 Å². The lowest BCUT2D eigenvalue weighted by atomic mass is 10.2. The molecule has 0 aliphatic rings. The minimum Gasteiger partial charge on any atom is -0.481 e. The summed E-state index contributed by atoms with van der Waals surface area (Å²) < 4.78 is 18.7. The minimum atomic E-state index is -0.621. The van der Waals surface area contributed by atoms with Crippen molar-refractivity contribution in [2.75, 3.05) is 6.54 Å². The van der Waals surface area contributed by atoms with Crippen molar-refractivity contribution < 1.29 is 13.9 Å². The maximum Gasteiger partial charge on any atom is 0.260 e. The Morgan fingerprint density at radius 2 is 2.22 bits per heavy atom. The normalized spacial score (nSPS) is 12.0. The highest BCUT2D eigenvalue weighted by atomic mass is 19.1. The monoisotopic (exact) mass is 253 g/mol. The second-order valence-corrected chi connectivity index (χ2v) is 4.32. The van der Waals surface area contributed by atoms with Crippen molar-refractivity contribution in [1.82, 2.24) is 5.32 Å². The molecular weight excluding hydrogens is 233 g/mol. The first kappa shape index (κ1) is 14.5. The van der Waals surface area contributed by atoms with E-state index in [-0.39, 0.29) is 11.7 Å². The van der Waals surface area contributed by atoms with E-state index in [1.807, 2.05) is 0 Å². The molecule has 0 aliphatic carbocycles. The van der Waals surface area contributed by atoms with Crippen molar-refractivity contribution in [3.63, 3.8) is 0 Å². The second kappa shape index (κ2) is 6.99. The molecule has 1 unspecified atom stereocenters. The molecule has 1 aromatic carbocycles. The fourth-order valence-corrected chi connectivity index (χ4v) is 1.44. The van der Waals surface area contributed by atoms with Crippen molar-refractivity contribution in [2.24, 2.45) is 0 Å². The predicted octanol–water partition coefficient (Wildman–Crippen LogP) is 2.82. The first-order chi connectivity index (χ1) is 8.54. The van der Waals surface area contributed by atoms with Crippen LogP contribution in [-0.4, -0.2) is 18.6 Å². The lowest BCUT2D eigenvalue weighted by Gasteiger charge is -2.14. The Morgan fingerprint density at radius 3 is 2.83 bits per heavy atom. The van der Waals surface area contributed by atoms with Gasteiger partial charge in [0.05, 0.1) is 0 Å². The van der Waals surface area contributed by atoms with Crippen LogP contribution in [0.5, 0.6) is 5.75 Å². The van der Waals surface area contributed by atoms with Crippen LogP contribution in [0, 0.1) is 12.7 Å². The third kappa shape index (κ3) is 4.35. The van der Waals surface area contributed by atoms with Gasteiger partial charge in [-0.1, -0.05) is 19.4 Å². The Balaban J connectivity index is 2.50. The molecule has 100 valence electrons. The summed E-state index contributed by atoms with van der Waals surface area (Å²) in [6, 6.07) is 4.59. The second-order valence-electron chi connectivity index (χ2n) is 4.32. The highest BCUT2D eigenvalue weighted by molar-refractivity contribution is 5.80. The van der Waals surface area contributed by atoms with Crippen molar-refractivity contribution in [1.29, 1.82) is 0 Å². The van der Waals surface area contributed by atoms with E-state index in [1.54, 1.807) is 26.0 Å². The van der Waals surface area contributed by atoms with Crippen LogP contribution in [-0.2, 0) is 4.79 Å². The molecule has 1 N–H and O–H groups in total. The van der Waals surface area contributed by atoms with Gasteiger partial charge in [-0.2, -0.15) is 0 Å². The number of carbonyl (C=O) groups excluding carboxylic acids is 1. The first-order valence-electron chi connectivity index (χ1n) is 6.25. The van der Waals surface area contributed by atoms with Gasteiger partial charge in [0, 0.05) is 12.6 Å². The first-order valence-corrected chi connectivity index (χ1v) is 6.25. The van der Waals surface area contributed by atoms with Gasteiger partial charge in [-0.3, -0.25) is 4.79 Å². The maximum absolute atomic E-state index is 13.3. The number of rotatable bonds is 6. The molecule has 4 heteroatoms. The average Bonchev–Trinajstić information content (AvgIpc) is 2.34. The van der Waals surface area contributed by atoms with Gasteiger partial charge in [-0.05, 0) is 31.9 Å². The number of hydrogen-bond donors (Lipinski definition) is 1. The molecule has 1 rings (SSSR count). The van der Waals surface area contributed by atoms with Crippen LogP contribution in [0.4, 0.5) is 4.39 Å². The molecule has 1 atom stereocenters. The van der Waals surface area contributed by atoms with Crippen LogP contribution in [0.2, 0.25) is 0 Å². The molecule has 0 saturated heterocycles. The van der Waals surface area contributed by atoms with E-state index in [9.17, 15) is 9.18 Å². The highest BCUT2D eigenvalue weighted by Crippen LogP contribution is 2.17. The number of nitrogens with one attached hydrogen (secondary N) is 1. The van der Waals surface area contributed by atoms with Gasteiger partial charge in [0.1, 0.15) is 11.6 Å². The predicted molar refractivity (Wildman–Crippen MR) is 69.1 cm³/mol. The van der Waals surface area contributed by atoms with Crippen LogP contribution in [0.15, 0.2) is 18.2 Å². The number of benzene rings is 1. The molecule has 1 aromatic rings. The Kier molecular flexibility index (Phi) is 5.62. The molecular formula is C14H20FNO2. The maximum atomic E-state index is 13.3. The highest BCUT2D eigenvalue weighted by Gasteiger charge is 2.14. The number of hydrogen-bond acceptors (Lipinski definition) is 2. The Labute approximate surface area is 107 Å². The van der Waals surface area contributed by atoms with Crippen molar-refractivity contribution in [3.8, 4) is 5.75 Å². The SMILES string of the molecule is CCCCNC(=O)C(C)Oc1ccc(C)c(F)c1. The quantitative estimate of drug-likeness (QED) is 0.792. The van der Waals surface area contributed by atoms with Crippen LogP contribution < -0.4 is 10.1 Å². The van der Waals surface area contributed by atoms with Gasteiger partial charge in [-0.15, -0.1) is 0 Å². The molecule has 0 radical (unpaired) electrons. The zero-order chi connectivity index (χ0) is 13.5. The van der Waals surface area contributed by atoms with Gasteiger partial charge in [0.25, 0.3) is 5.91 Å². The average molecular weight is 253 g/mol. The lowest BCUT2D eigenvalue weighted by molar-refractivity contribution is -0.127. The summed E-state index contributed by atoms with van der Waals surface area (Å²) in [5.74, 6) is -0.133. The number of unbranched alkanes of at least 4 members (excludes halogenated alkanes) is 1. The van der Waals surface area contributed by atoms with Crippen molar-refractivity contribution >= 4 is 5.91 Å². The molecule has 1 amide bonds. The fraction of sp³-hybridized carbons (Fsp3) is 0.500. The Morgan fingerprint density at radius 1 is 1.50 bits per heavy atom. The fourth-order valence-electron chi connectivity index (χ4n) is 1.44. The number of halogens is 1. The number of amides is 1. The Bertz CT molecular complexity index is 407. The van der Waals surface area contributed by atoms with E-state index in [0.717, 1.165) is 12.8 Å². The van der Waals surface area contributed by atoms with Gasteiger partial charge in [0.2, 0.25) is 0 Å². The summed E-state index contributed by atoms with van der Waals surface area (Å²) >= 11 is 0. The summed E-state index contributed by atoms with van der Waals surface area (Å²) in [6.07, 6.45) is 1.35. The van der Waals surface area contributed by atoms with Gasteiger partial charge in [-0.25, -0.2) is 4.39 Å². The van der Waals surface area contributed by atoms with E-state index in [0.29, 0.717) is 17.9 Å². The molecule has 18 heavy (non-hydrogen) atoms. The van der Waals surface area contributed by atoms with Gasteiger partial charge in [0.15, 0.2) is 6.10 Å². The van der Waals surface area contributed by atoms with Gasteiger partial charge < -0.3 is 10.1 Å². The topological polar surface area (TPSA) is 38.3 Å². The van der Waals surface area contributed by atoms with E-state index in [4.69, 9.17) is 4.74 Å². The molecule has 3 nitrogen and oxygen atoms in total. The van der Waals surface area contributed by atoms with Crippen LogP contribution >= 0.6 is 0 Å². The smallest absolute Gasteiger partial charge is 0.260 e. The number of aryl methyl sites for hydroxylation is 1. The largest absolute Gasteiger partial charge is 0.481 e. The van der Waals surface area contributed by atoms with E-state index >= 15 is 0 Å². The third-order valence-electron chi connectivity index (χ3n) is 2.65. The molecule has 0 aromatic heterocycles. The molecule has 0 aliphatic heterocycles. The molecule has 0 bridgehead atoms.